The Hall–Kier alpha value is -3.47. The summed E-state index contributed by atoms with van der Waals surface area (Å²) in [7, 11) is 1.62. The third-order valence-corrected chi connectivity index (χ3v) is 3.82. The number of hydrogen-bond acceptors (Lipinski definition) is 4. The van der Waals surface area contributed by atoms with Crippen LogP contribution in [0, 0.1) is 0 Å². The van der Waals surface area contributed by atoms with Crippen LogP contribution in [0.2, 0.25) is 0 Å². The van der Waals surface area contributed by atoms with Gasteiger partial charge in [0.05, 0.1) is 7.11 Å². The van der Waals surface area contributed by atoms with Crippen LogP contribution in [0.1, 0.15) is 5.56 Å². The number of ether oxygens (including phenoxy) is 3. The van der Waals surface area contributed by atoms with Crippen molar-refractivity contribution in [1.29, 1.82) is 0 Å². The van der Waals surface area contributed by atoms with Crippen LogP contribution in [0.4, 0.5) is 0 Å². The maximum Gasteiger partial charge on any atom is 0.258 e. The van der Waals surface area contributed by atoms with E-state index in [9.17, 15) is 4.79 Å². The summed E-state index contributed by atoms with van der Waals surface area (Å²) in [5.41, 5.74) is 0.992. The van der Waals surface area contributed by atoms with E-state index in [0.29, 0.717) is 18.0 Å². The van der Waals surface area contributed by atoms with Gasteiger partial charge in [-0.3, -0.25) is 4.79 Å². The molecule has 0 aliphatic rings. The molecular formula is C22H21NO4. The van der Waals surface area contributed by atoms with Crippen LogP contribution in [0.5, 0.6) is 23.0 Å². The molecule has 0 bridgehead atoms. The minimum Gasteiger partial charge on any atom is -0.497 e. The number of carbonyl (C=O) groups excluding carboxylic acids is 1. The summed E-state index contributed by atoms with van der Waals surface area (Å²) in [6.07, 6.45) is 0. The molecule has 27 heavy (non-hydrogen) atoms. The zero-order valence-electron chi connectivity index (χ0n) is 15.1. The Kier molecular flexibility index (Phi) is 6.30. The summed E-state index contributed by atoms with van der Waals surface area (Å²) in [4.78, 5) is 11.9. The van der Waals surface area contributed by atoms with Gasteiger partial charge in [-0.15, -0.1) is 0 Å². The largest absolute Gasteiger partial charge is 0.497 e. The van der Waals surface area contributed by atoms with Crippen molar-refractivity contribution >= 4 is 5.91 Å². The lowest BCUT2D eigenvalue weighted by atomic mass is 10.2. The Balaban J connectivity index is 1.43. The first-order chi connectivity index (χ1) is 13.2. The van der Waals surface area contributed by atoms with Crippen LogP contribution in [-0.4, -0.2) is 19.6 Å². The molecule has 0 radical (unpaired) electrons. The fraction of sp³-hybridized carbons (Fsp3) is 0.136. The van der Waals surface area contributed by atoms with Crippen molar-refractivity contribution in [3.63, 3.8) is 0 Å². The van der Waals surface area contributed by atoms with Gasteiger partial charge in [0.2, 0.25) is 0 Å². The van der Waals surface area contributed by atoms with Crippen LogP contribution in [0.25, 0.3) is 0 Å². The molecule has 0 saturated heterocycles. The quantitative estimate of drug-likeness (QED) is 0.652. The van der Waals surface area contributed by atoms with E-state index in [-0.39, 0.29) is 12.5 Å². The zero-order chi connectivity index (χ0) is 18.9. The first kappa shape index (κ1) is 18.3. The minimum absolute atomic E-state index is 0.0466. The predicted molar refractivity (Wildman–Crippen MR) is 103 cm³/mol. The fourth-order valence-electron chi connectivity index (χ4n) is 2.37. The Labute approximate surface area is 158 Å². The second-order valence-corrected chi connectivity index (χ2v) is 5.80. The Morgan fingerprint density at radius 2 is 1.37 bits per heavy atom. The highest BCUT2D eigenvalue weighted by Crippen LogP contribution is 2.23. The van der Waals surface area contributed by atoms with Crippen LogP contribution in [-0.2, 0) is 11.3 Å². The first-order valence-corrected chi connectivity index (χ1v) is 8.58. The van der Waals surface area contributed by atoms with E-state index in [2.05, 4.69) is 5.32 Å². The van der Waals surface area contributed by atoms with Gasteiger partial charge in [-0.1, -0.05) is 30.3 Å². The smallest absolute Gasteiger partial charge is 0.258 e. The molecule has 5 nitrogen and oxygen atoms in total. The summed E-state index contributed by atoms with van der Waals surface area (Å²) in [6, 6.07) is 24.2. The summed E-state index contributed by atoms with van der Waals surface area (Å²) >= 11 is 0. The molecule has 138 valence electrons. The van der Waals surface area contributed by atoms with E-state index in [1.807, 2.05) is 54.6 Å². The number of methoxy groups -OCH3 is 1. The topological polar surface area (TPSA) is 56.8 Å². The lowest BCUT2D eigenvalue weighted by molar-refractivity contribution is -0.123. The molecule has 5 heteroatoms. The van der Waals surface area contributed by atoms with Gasteiger partial charge >= 0.3 is 0 Å². The lowest BCUT2D eigenvalue weighted by Gasteiger charge is -2.09. The predicted octanol–water partition coefficient (Wildman–Crippen LogP) is 4.18. The molecule has 3 rings (SSSR count). The molecule has 0 atom stereocenters. The maximum atomic E-state index is 11.9. The average Bonchev–Trinajstić information content (AvgIpc) is 2.73. The Morgan fingerprint density at radius 3 is 2.04 bits per heavy atom. The number of para-hydroxylation sites is 1. The van der Waals surface area contributed by atoms with E-state index < -0.39 is 0 Å². The number of hydrogen-bond donors (Lipinski definition) is 1. The lowest BCUT2D eigenvalue weighted by Crippen LogP contribution is -2.28. The molecule has 0 aliphatic carbocycles. The molecule has 0 heterocycles. The summed E-state index contributed by atoms with van der Waals surface area (Å²) in [5.74, 6) is 2.68. The molecule has 3 aromatic rings. The van der Waals surface area contributed by atoms with Crippen molar-refractivity contribution in [2.75, 3.05) is 13.7 Å². The average molecular weight is 363 g/mol. The van der Waals surface area contributed by atoms with Crippen molar-refractivity contribution in [1.82, 2.24) is 5.32 Å². The highest BCUT2D eigenvalue weighted by molar-refractivity contribution is 5.77. The highest BCUT2D eigenvalue weighted by atomic mass is 16.5. The minimum atomic E-state index is -0.185. The van der Waals surface area contributed by atoms with Crippen molar-refractivity contribution < 1.29 is 19.0 Å². The second-order valence-electron chi connectivity index (χ2n) is 5.80. The molecule has 1 amide bonds. The van der Waals surface area contributed by atoms with E-state index in [1.54, 1.807) is 31.4 Å². The van der Waals surface area contributed by atoms with Gasteiger partial charge in [0.15, 0.2) is 6.61 Å². The third-order valence-electron chi connectivity index (χ3n) is 3.82. The molecule has 0 aliphatic heterocycles. The van der Waals surface area contributed by atoms with Gasteiger partial charge in [0, 0.05) is 6.54 Å². The van der Waals surface area contributed by atoms with Gasteiger partial charge in [0.1, 0.15) is 23.0 Å². The summed E-state index contributed by atoms with van der Waals surface area (Å²) < 4.78 is 16.3. The van der Waals surface area contributed by atoms with Gasteiger partial charge in [-0.25, -0.2) is 0 Å². The van der Waals surface area contributed by atoms with Crippen molar-refractivity contribution in [3.8, 4) is 23.0 Å². The van der Waals surface area contributed by atoms with Crippen LogP contribution >= 0.6 is 0 Å². The van der Waals surface area contributed by atoms with Crippen LogP contribution in [0.3, 0.4) is 0 Å². The molecule has 0 unspecified atom stereocenters. The molecule has 0 spiro atoms. The number of carbonyl (C=O) groups is 1. The van der Waals surface area contributed by atoms with Crippen LogP contribution in [0.15, 0.2) is 78.9 Å². The van der Waals surface area contributed by atoms with E-state index >= 15 is 0 Å². The number of rotatable bonds is 8. The molecular weight excluding hydrogens is 342 g/mol. The van der Waals surface area contributed by atoms with Gasteiger partial charge in [0.25, 0.3) is 5.91 Å². The molecule has 0 fully saturated rings. The molecule has 0 aromatic heterocycles. The number of nitrogens with one attached hydrogen (secondary N) is 1. The van der Waals surface area contributed by atoms with Gasteiger partial charge in [-0.2, -0.15) is 0 Å². The second kappa shape index (κ2) is 9.29. The standard InChI is InChI=1S/C22H21NO4/c1-25-18-9-7-17(8-10-18)15-23-22(24)16-26-19-11-13-21(14-12-19)27-20-5-3-2-4-6-20/h2-14H,15-16H2,1H3,(H,23,24). The number of amides is 1. The monoisotopic (exact) mass is 363 g/mol. The third kappa shape index (κ3) is 5.78. The van der Waals surface area contributed by atoms with Gasteiger partial charge in [-0.05, 0) is 54.1 Å². The number of benzene rings is 3. The highest BCUT2D eigenvalue weighted by Gasteiger charge is 2.04. The maximum absolute atomic E-state index is 11.9. The molecule has 1 N–H and O–H groups in total. The van der Waals surface area contributed by atoms with Crippen molar-refractivity contribution in [2.24, 2.45) is 0 Å². The van der Waals surface area contributed by atoms with E-state index in [4.69, 9.17) is 14.2 Å². The first-order valence-electron chi connectivity index (χ1n) is 8.58. The van der Waals surface area contributed by atoms with E-state index in [1.165, 1.54) is 0 Å². The fourth-order valence-corrected chi connectivity index (χ4v) is 2.37. The van der Waals surface area contributed by atoms with E-state index in [0.717, 1.165) is 17.1 Å². The normalized spacial score (nSPS) is 10.1. The Morgan fingerprint density at radius 1 is 0.778 bits per heavy atom. The van der Waals surface area contributed by atoms with Crippen LogP contribution < -0.4 is 19.5 Å². The van der Waals surface area contributed by atoms with Gasteiger partial charge < -0.3 is 19.5 Å². The SMILES string of the molecule is COc1ccc(CNC(=O)COc2ccc(Oc3ccccc3)cc2)cc1. The summed E-state index contributed by atoms with van der Waals surface area (Å²) in [5, 5.41) is 2.82. The zero-order valence-corrected chi connectivity index (χ0v) is 15.1. The summed E-state index contributed by atoms with van der Waals surface area (Å²) in [6.45, 7) is 0.394. The van der Waals surface area contributed by atoms with Crippen molar-refractivity contribution in [3.05, 3.63) is 84.4 Å². The molecule has 0 saturated carbocycles. The Bertz CT molecular complexity index is 846. The molecule has 3 aromatic carbocycles. The van der Waals surface area contributed by atoms with Crippen molar-refractivity contribution in [2.45, 2.75) is 6.54 Å².